The summed E-state index contributed by atoms with van der Waals surface area (Å²) >= 11 is 0. The van der Waals surface area contributed by atoms with E-state index in [2.05, 4.69) is 56.2 Å². The van der Waals surface area contributed by atoms with E-state index in [-0.39, 0.29) is 16.9 Å². The van der Waals surface area contributed by atoms with Crippen molar-refractivity contribution in [3.63, 3.8) is 0 Å². The van der Waals surface area contributed by atoms with Crippen LogP contribution >= 0.6 is 0 Å². The topological polar surface area (TPSA) is 56.3 Å². The van der Waals surface area contributed by atoms with Gasteiger partial charge < -0.3 is 14.7 Å². The van der Waals surface area contributed by atoms with Crippen LogP contribution in [0.4, 0.5) is 0 Å². The van der Waals surface area contributed by atoms with Gasteiger partial charge in [-0.1, -0.05) is 41.5 Å². The zero-order valence-corrected chi connectivity index (χ0v) is 31.1. The maximum Gasteiger partial charge on any atom is 0.229 e. The molecule has 47 heavy (non-hydrogen) atoms. The summed E-state index contributed by atoms with van der Waals surface area (Å²) in [6.07, 6.45) is 14.8. The van der Waals surface area contributed by atoms with Crippen molar-refractivity contribution < 1.29 is 14.6 Å². The molecule has 6 aliphatic carbocycles. The van der Waals surface area contributed by atoms with E-state index in [0.717, 1.165) is 96.7 Å². The number of ether oxygens (including phenoxy) is 1. The highest BCUT2D eigenvalue weighted by Crippen LogP contribution is 2.79. The van der Waals surface area contributed by atoms with E-state index < -0.39 is 0 Å². The van der Waals surface area contributed by atoms with Crippen molar-refractivity contribution in [2.75, 3.05) is 65.6 Å². The number of fused-ring (bicyclic) bond motifs is 7. The second kappa shape index (κ2) is 11.4. The lowest BCUT2D eigenvalue weighted by Gasteiger charge is -2.73. The van der Waals surface area contributed by atoms with Crippen LogP contribution in [0.5, 0.6) is 0 Å². The smallest absolute Gasteiger partial charge is 0.229 e. The molecule has 6 heteroatoms. The molecule has 0 bridgehead atoms. The van der Waals surface area contributed by atoms with Crippen molar-refractivity contribution in [1.82, 2.24) is 14.7 Å². The molecule has 10 unspecified atom stereocenters. The van der Waals surface area contributed by atoms with Crippen molar-refractivity contribution in [3.05, 3.63) is 0 Å². The van der Waals surface area contributed by atoms with Gasteiger partial charge in [-0.3, -0.25) is 14.6 Å². The molecular formula is C41H69N3O3. The van der Waals surface area contributed by atoms with Gasteiger partial charge in [0.1, 0.15) is 0 Å². The molecule has 2 aliphatic heterocycles. The number of aliphatic hydroxyl groups is 1. The van der Waals surface area contributed by atoms with Crippen LogP contribution in [0.2, 0.25) is 0 Å². The van der Waals surface area contributed by atoms with E-state index in [9.17, 15) is 5.11 Å². The maximum atomic E-state index is 15.1. The van der Waals surface area contributed by atoms with E-state index in [4.69, 9.17) is 4.74 Å². The molecule has 0 radical (unpaired) electrons. The Labute approximate surface area is 287 Å². The van der Waals surface area contributed by atoms with Crippen LogP contribution in [0.25, 0.3) is 0 Å². The third-order valence-electron chi connectivity index (χ3n) is 18.3. The Morgan fingerprint density at radius 2 is 1.34 bits per heavy atom. The van der Waals surface area contributed by atoms with Crippen molar-refractivity contribution in [2.45, 2.75) is 125 Å². The quantitative estimate of drug-likeness (QED) is 0.359. The van der Waals surface area contributed by atoms with Crippen molar-refractivity contribution in [3.8, 4) is 0 Å². The molecule has 1 N–H and O–H groups in total. The van der Waals surface area contributed by atoms with Gasteiger partial charge in [-0.15, -0.1) is 0 Å². The number of rotatable bonds is 5. The zero-order valence-electron chi connectivity index (χ0n) is 31.1. The lowest BCUT2D eigenvalue weighted by molar-refractivity contribution is -0.249. The predicted octanol–water partition coefficient (Wildman–Crippen LogP) is 6.71. The molecule has 10 atom stereocenters. The van der Waals surface area contributed by atoms with Gasteiger partial charge in [0, 0.05) is 52.4 Å². The van der Waals surface area contributed by atoms with Gasteiger partial charge in [-0.25, -0.2) is 0 Å². The molecule has 0 aromatic heterocycles. The maximum absolute atomic E-state index is 15.1. The van der Waals surface area contributed by atoms with Gasteiger partial charge in [0.05, 0.1) is 24.7 Å². The summed E-state index contributed by atoms with van der Waals surface area (Å²) in [7, 11) is 0. The molecule has 266 valence electrons. The second-order valence-corrected chi connectivity index (χ2v) is 20.1. The number of aliphatic hydroxyl groups excluding tert-OH is 1. The van der Waals surface area contributed by atoms with Crippen molar-refractivity contribution in [1.29, 1.82) is 0 Å². The van der Waals surface area contributed by atoms with Crippen LogP contribution in [0, 0.1) is 62.1 Å². The largest absolute Gasteiger partial charge is 0.393 e. The highest BCUT2D eigenvalue weighted by Gasteiger charge is 2.73. The minimum atomic E-state index is -0.164. The van der Waals surface area contributed by atoms with E-state index in [1.807, 2.05) is 0 Å². The minimum Gasteiger partial charge on any atom is -0.393 e. The van der Waals surface area contributed by atoms with Crippen LogP contribution in [0.15, 0.2) is 0 Å². The van der Waals surface area contributed by atoms with Crippen molar-refractivity contribution >= 4 is 5.91 Å². The molecule has 8 aliphatic rings. The third kappa shape index (κ3) is 4.85. The van der Waals surface area contributed by atoms with Crippen LogP contribution in [-0.2, 0) is 9.53 Å². The van der Waals surface area contributed by atoms with Gasteiger partial charge in [-0.05, 0) is 134 Å². The molecule has 0 spiro atoms. The predicted molar refractivity (Wildman–Crippen MR) is 188 cm³/mol. The first-order valence-electron chi connectivity index (χ1n) is 20.3. The first-order chi connectivity index (χ1) is 22.3. The Bertz CT molecular complexity index is 1200. The van der Waals surface area contributed by atoms with Gasteiger partial charge >= 0.3 is 0 Å². The van der Waals surface area contributed by atoms with Gasteiger partial charge in [-0.2, -0.15) is 0 Å². The average Bonchev–Trinajstić information content (AvgIpc) is 3.67. The Balaban J connectivity index is 1.04. The molecule has 0 aromatic rings. The lowest BCUT2D eigenvalue weighted by Crippen LogP contribution is -2.67. The number of carbonyl (C=O) groups is 1. The second-order valence-electron chi connectivity index (χ2n) is 20.1. The van der Waals surface area contributed by atoms with E-state index in [0.29, 0.717) is 45.3 Å². The lowest BCUT2D eigenvalue weighted by atomic mass is 9.32. The van der Waals surface area contributed by atoms with E-state index in [1.165, 1.54) is 57.8 Å². The van der Waals surface area contributed by atoms with E-state index in [1.54, 1.807) is 0 Å². The summed E-state index contributed by atoms with van der Waals surface area (Å²) in [6.45, 7) is 25.5. The molecule has 6 saturated carbocycles. The number of piperazine rings is 1. The van der Waals surface area contributed by atoms with Crippen molar-refractivity contribution in [2.24, 2.45) is 62.1 Å². The summed E-state index contributed by atoms with van der Waals surface area (Å²) < 4.78 is 5.56. The summed E-state index contributed by atoms with van der Waals surface area (Å²) in [5.74, 6) is 3.86. The van der Waals surface area contributed by atoms with E-state index >= 15 is 4.79 Å². The van der Waals surface area contributed by atoms with Crippen LogP contribution < -0.4 is 0 Å². The highest BCUT2D eigenvalue weighted by atomic mass is 16.5. The molecule has 6 nitrogen and oxygen atoms in total. The molecule has 8 rings (SSSR count). The van der Waals surface area contributed by atoms with Gasteiger partial charge in [0.15, 0.2) is 0 Å². The molecule has 8 fully saturated rings. The van der Waals surface area contributed by atoms with Crippen LogP contribution in [0.1, 0.15) is 119 Å². The number of amides is 1. The summed E-state index contributed by atoms with van der Waals surface area (Å²) in [5.41, 5.74) is 1.27. The SMILES string of the molecule is CC1(C2CCC3(C(=O)N4CCN(CCN5CCOCC5)CC4)CCC4(C)C(CCC5C6(C)CCC(O)C(C)(C)C6CCC54C)C23)CC1. The highest BCUT2D eigenvalue weighted by molar-refractivity contribution is 5.84. The zero-order chi connectivity index (χ0) is 33.0. The molecule has 2 saturated heterocycles. The Hall–Kier alpha value is -0.690. The first-order valence-corrected chi connectivity index (χ1v) is 20.3. The number of morpholine rings is 1. The fourth-order valence-electron chi connectivity index (χ4n) is 14.9. The Morgan fingerprint density at radius 1 is 0.660 bits per heavy atom. The van der Waals surface area contributed by atoms with Crippen LogP contribution in [-0.4, -0.2) is 97.4 Å². The molecule has 2 heterocycles. The third-order valence-corrected chi connectivity index (χ3v) is 18.3. The number of hydrogen-bond acceptors (Lipinski definition) is 5. The summed E-state index contributed by atoms with van der Waals surface area (Å²) in [4.78, 5) is 22.6. The monoisotopic (exact) mass is 652 g/mol. The normalized spacial score (nSPS) is 49.4. The fourth-order valence-corrected chi connectivity index (χ4v) is 14.9. The fraction of sp³-hybridized carbons (Fsp3) is 0.976. The average molecular weight is 652 g/mol. The molecule has 1 amide bonds. The standard InChI is InChI=1S/C41H69N3O3/c1-36(2)31-10-13-40(6)32(38(31,4)12-11-33(36)45)8-7-30-34-29(37(3)15-16-37)9-14-41(34,18-17-39(30,40)5)35(46)44-23-21-42(22-24-44)19-20-43-25-27-47-28-26-43/h29-34,45H,7-28H2,1-6H3. The van der Waals surface area contributed by atoms with Gasteiger partial charge in [0.2, 0.25) is 5.91 Å². The summed E-state index contributed by atoms with van der Waals surface area (Å²) in [6, 6.07) is 0. The number of hydrogen-bond donors (Lipinski definition) is 1. The van der Waals surface area contributed by atoms with Crippen LogP contribution in [0.3, 0.4) is 0 Å². The minimum absolute atomic E-state index is 0.00383. The number of nitrogens with zero attached hydrogens (tertiary/aromatic N) is 3. The van der Waals surface area contributed by atoms with Gasteiger partial charge in [0.25, 0.3) is 0 Å². The first kappa shape index (κ1) is 33.5. The molecular weight excluding hydrogens is 582 g/mol. The Morgan fingerprint density at radius 3 is 2.02 bits per heavy atom. The summed E-state index contributed by atoms with van der Waals surface area (Å²) in [5, 5.41) is 11.1. The number of carbonyl (C=O) groups excluding carboxylic acids is 1. The Kier molecular flexibility index (Phi) is 8.12. The molecule has 0 aromatic carbocycles.